The summed E-state index contributed by atoms with van der Waals surface area (Å²) in [6.07, 6.45) is 4.66. The number of amides is 1. The van der Waals surface area contributed by atoms with E-state index >= 15 is 0 Å². The molecule has 2 rings (SSSR count). The maximum absolute atomic E-state index is 12.4. The molecular formula is C15H24N4O. The number of likely N-dealkylation sites (N-methyl/N-ethyl adjacent to an activating group) is 1. The monoisotopic (exact) mass is 276 g/mol. The Hall–Kier alpha value is -1.46. The molecule has 0 saturated carbocycles. The van der Waals surface area contributed by atoms with Crippen LogP contribution in [0.1, 0.15) is 18.9 Å². The first-order valence-electron chi connectivity index (χ1n) is 7.39. The number of hydrogen-bond acceptors (Lipinski definition) is 4. The summed E-state index contributed by atoms with van der Waals surface area (Å²) in [4.78, 5) is 20.6. The van der Waals surface area contributed by atoms with E-state index in [4.69, 9.17) is 0 Å². The fourth-order valence-corrected chi connectivity index (χ4v) is 2.44. The largest absolute Gasteiger partial charge is 0.338 e. The second-order valence-corrected chi connectivity index (χ2v) is 5.14. The normalized spacial score (nSPS) is 16.6. The molecule has 0 aromatic carbocycles. The molecule has 1 saturated heterocycles. The van der Waals surface area contributed by atoms with Crippen molar-refractivity contribution in [2.45, 2.75) is 19.9 Å². The molecule has 20 heavy (non-hydrogen) atoms. The summed E-state index contributed by atoms with van der Waals surface area (Å²) < 4.78 is 0. The molecular weight excluding hydrogens is 252 g/mol. The molecule has 0 aliphatic carbocycles. The van der Waals surface area contributed by atoms with Crippen LogP contribution in [0.5, 0.6) is 0 Å². The molecule has 0 radical (unpaired) electrons. The fraction of sp³-hybridized carbons (Fsp3) is 0.600. The number of aromatic nitrogens is 1. The van der Waals surface area contributed by atoms with Crippen LogP contribution < -0.4 is 5.32 Å². The van der Waals surface area contributed by atoms with E-state index < -0.39 is 0 Å². The first kappa shape index (κ1) is 14.9. The number of carbonyl (C=O) groups is 1. The quantitative estimate of drug-likeness (QED) is 0.861. The molecule has 1 N–H and O–H groups in total. The summed E-state index contributed by atoms with van der Waals surface area (Å²) in [5, 5.41) is 3.36. The van der Waals surface area contributed by atoms with E-state index in [-0.39, 0.29) is 5.91 Å². The number of rotatable bonds is 5. The summed E-state index contributed by atoms with van der Waals surface area (Å²) >= 11 is 0. The Morgan fingerprint density at radius 2 is 2.15 bits per heavy atom. The predicted molar refractivity (Wildman–Crippen MR) is 79.3 cm³/mol. The Kier molecular flexibility index (Phi) is 5.95. The molecule has 5 heteroatoms. The van der Waals surface area contributed by atoms with Crippen molar-refractivity contribution in [2.75, 3.05) is 39.3 Å². The molecule has 0 spiro atoms. The van der Waals surface area contributed by atoms with Gasteiger partial charge in [0.05, 0.1) is 6.54 Å². The number of carbonyl (C=O) groups excluding carboxylic acids is 1. The van der Waals surface area contributed by atoms with Crippen molar-refractivity contribution in [1.82, 2.24) is 20.1 Å². The van der Waals surface area contributed by atoms with Crippen LogP contribution in [0.25, 0.3) is 0 Å². The van der Waals surface area contributed by atoms with Gasteiger partial charge in [0.1, 0.15) is 0 Å². The van der Waals surface area contributed by atoms with Gasteiger partial charge >= 0.3 is 0 Å². The minimum atomic E-state index is 0.214. The average Bonchev–Trinajstić information content (AvgIpc) is 2.74. The number of hydrogen-bond donors (Lipinski definition) is 1. The van der Waals surface area contributed by atoms with Gasteiger partial charge in [-0.25, -0.2) is 0 Å². The van der Waals surface area contributed by atoms with E-state index in [0.29, 0.717) is 13.1 Å². The fourth-order valence-electron chi connectivity index (χ4n) is 2.44. The smallest absolute Gasteiger partial charge is 0.237 e. The molecule has 1 aromatic rings. The van der Waals surface area contributed by atoms with Gasteiger partial charge in [-0.3, -0.25) is 14.7 Å². The Balaban J connectivity index is 1.88. The van der Waals surface area contributed by atoms with Gasteiger partial charge in [0, 0.05) is 38.6 Å². The lowest BCUT2D eigenvalue weighted by atomic mass is 10.2. The van der Waals surface area contributed by atoms with Gasteiger partial charge in [0.15, 0.2) is 0 Å². The van der Waals surface area contributed by atoms with Crippen LogP contribution in [0.3, 0.4) is 0 Å². The molecule has 2 heterocycles. The van der Waals surface area contributed by atoms with Gasteiger partial charge in [0.2, 0.25) is 5.91 Å². The van der Waals surface area contributed by atoms with Crippen molar-refractivity contribution in [3.63, 3.8) is 0 Å². The highest BCUT2D eigenvalue weighted by Crippen LogP contribution is 2.05. The van der Waals surface area contributed by atoms with E-state index in [1.54, 1.807) is 12.4 Å². The highest BCUT2D eigenvalue weighted by molar-refractivity contribution is 5.78. The Labute approximate surface area is 121 Å². The van der Waals surface area contributed by atoms with Gasteiger partial charge in [-0.1, -0.05) is 0 Å². The summed E-state index contributed by atoms with van der Waals surface area (Å²) in [6, 6.07) is 3.93. The molecule has 0 unspecified atom stereocenters. The molecule has 1 aliphatic rings. The lowest BCUT2D eigenvalue weighted by Gasteiger charge is -2.25. The summed E-state index contributed by atoms with van der Waals surface area (Å²) in [6.45, 7) is 7.97. The van der Waals surface area contributed by atoms with Gasteiger partial charge in [-0.05, 0) is 44.1 Å². The zero-order chi connectivity index (χ0) is 14.2. The van der Waals surface area contributed by atoms with Crippen molar-refractivity contribution < 1.29 is 4.79 Å². The zero-order valence-electron chi connectivity index (χ0n) is 12.2. The molecule has 1 amide bonds. The van der Waals surface area contributed by atoms with Gasteiger partial charge in [-0.2, -0.15) is 0 Å². The van der Waals surface area contributed by atoms with E-state index in [2.05, 4.69) is 15.2 Å². The molecule has 5 nitrogen and oxygen atoms in total. The van der Waals surface area contributed by atoms with Crippen LogP contribution in [-0.2, 0) is 11.3 Å². The highest BCUT2D eigenvalue weighted by atomic mass is 16.2. The van der Waals surface area contributed by atoms with Crippen LogP contribution in [0.2, 0.25) is 0 Å². The van der Waals surface area contributed by atoms with Crippen LogP contribution in [0.15, 0.2) is 24.5 Å². The van der Waals surface area contributed by atoms with Gasteiger partial charge in [-0.15, -0.1) is 0 Å². The van der Waals surface area contributed by atoms with Crippen molar-refractivity contribution in [3.8, 4) is 0 Å². The van der Waals surface area contributed by atoms with Crippen LogP contribution in [0.4, 0.5) is 0 Å². The zero-order valence-corrected chi connectivity index (χ0v) is 12.2. The van der Waals surface area contributed by atoms with E-state index in [1.165, 1.54) is 0 Å². The number of nitrogens with zero attached hydrogens (tertiary/aromatic N) is 3. The molecule has 1 fully saturated rings. The Bertz CT molecular complexity index is 402. The third kappa shape index (κ3) is 4.58. The first-order valence-corrected chi connectivity index (χ1v) is 7.39. The third-order valence-corrected chi connectivity index (χ3v) is 3.65. The SMILES string of the molecule is CCN(Cc1ccncc1)C(=O)CN1CCCNCC1. The van der Waals surface area contributed by atoms with Crippen molar-refractivity contribution in [1.29, 1.82) is 0 Å². The second-order valence-electron chi connectivity index (χ2n) is 5.14. The summed E-state index contributed by atoms with van der Waals surface area (Å²) in [5.41, 5.74) is 1.13. The van der Waals surface area contributed by atoms with E-state index in [0.717, 1.165) is 44.7 Å². The second kappa shape index (κ2) is 7.97. The highest BCUT2D eigenvalue weighted by Gasteiger charge is 2.17. The number of nitrogens with one attached hydrogen (secondary N) is 1. The lowest BCUT2D eigenvalue weighted by Crippen LogP contribution is -2.41. The topological polar surface area (TPSA) is 48.5 Å². The Morgan fingerprint density at radius 1 is 1.35 bits per heavy atom. The van der Waals surface area contributed by atoms with Crippen LogP contribution in [0, 0.1) is 0 Å². The van der Waals surface area contributed by atoms with Crippen molar-refractivity contribution in [3.05, 3.63) is 30.1 Å². The predicted octanol–water partition coefficient (Wildman–Crippen LogP) is 0.725. The van der Waals surface area contributed by atoms with Crippen molar-refractivity contribution in [2.24, 2.45) is 0 Å². The maximum Gasteiger partial charge on any atom is 0.237 e. The molecule has 0 bridgehead atoms. The van der Waals surface area contributed by atoms with E-state index in [9.17, 15) is 4.79 Å². The summed E-state index contributed by atoms with van der Waals surface area (Å²) in [7, 11) is 0. The maximum atomic E-state index is 12.4. The van der Waals surface area contributed by atoms with Crippen LogP contribution >= 0.6 is 0 Å². The summed E-state index contributed by atoms with van der Waals surface area (Å²) in [5.74, 6) is 0.214. The average molecular weight is 276 g/mol. The lowest BCUT2D eigenvalue weighted by molar-refractivity contribution is -0.132. The van der Waals surface area contributed by atoms with Crippen molar-refractivity contribution >= 4 is 5.91 Å². The van der Waals surface area contributed by atoms with E-state index in [1.807, 2.05) is 24.0 Å². The number of pyridine rings is 1. The third-order valence-electron chi connectivity index (χ3n) is 3.65. The Morgan fingerprint density at radius 3 is 2.90 bits per heavy atom. The standard InChI is InChI=1S/C15H24N4O/c1-2-19(12-14-4-7-17-8-5-14)15(20)13-18-10-3-6-16-9-11-18/h4-5,7-8,16H,2-3,6,9-13H2,1H3. The molecule has 1 aliphatic heterocycles. The molecule has 1 aromatic heterocycles. The van der Waals surface area contributed by atoms with Gasteiger partial charge in [0.25, 0.3) is 0 Å². The first-order chi connectivity index (χ1) is 9.79. The minimum Gasteiger partial charge on any atom is -0.338 e. The minimum absolute atomic E-state index is 0.214. The van der Waals surface area contributed by atoms with Crippen LogP contribution in [-0.4, -0.2) is 60.0 Å². The molecule has 0 atom stereocenters. The van der Waals surface area contributed by atoms with Gasteiger partial charge < -0.3 is 10.2 Å². The molecule has 110 valence electrons.